The number of primary amides is 1. The molecule has 0 aliphatic heterocycles. The summed E-state index contributed by atoms with van der Waals surface area (Å²) in [6.07, 6.45) is 9.23. The number of hydrogen-bond acceptors (Lipinski definition) is 8. The van der Waals surface area contributed by atoms with Crippen LogP contribution in [0, 0.1) is 0 Å². The van der Waals surface area contributed by atoms with Crippen LogP contribution in [0.3, 0.4) is 0 Å². The van der Waals surface area contributed by atoms with Crippen molar-refractivity contribution in [3.05, 3.63) is 18.2 Å². The molecule has 0 bridgehead atoms. The Hall–Kier alpha value is -3.52. The molecule has 0 aliphatic rings. The molecule has 1 aromatic heterocycles. The number of aromatic nitrogens is 2. The lowest BCUT2D eigenvalue weighted by atomic mass is 10.1. The molecule has 3 atom stereocenters. The summed E-state index contributed by atoms with van der Waals surface area (Å²) in [5.41, 5.74) is 17.1. The third-order valence-corrected chi connectivity index (χ3v) is 6.27. The van der Waals surface area contributed by atoms with Crippen molar-refractivity contribution in [2.24, 2.45) is 17.2 Å². The number of unbranched alkanes of at least 4 members (excludes halogenated alkanes) is 4. The monoisotopic (exact) mass is 565 g/mol. The number of carbonyl (C=O) groups is 5. The minimum atomic E-state index is -1.07. The van der Waals surface area contributed by atoms with Gasteiger partial charge in [-0.05, 0) is 58.0 Å². The third kappa shape index (κ3) is 14.6. The molecule has 11 N–H and O–H groups in total. The highest BCUT2D eigenvalue weighted by Crippen LogP contribution is 2.05. The lowest BCUT2D eigenvalue weighted by Gasteiger charge is -2.22. The Morgan fingerprint density at radius 1 is 0.825 bits per heavy atom. The average molecular weight is 566 g/mol. The second-order valence-corrected chi connectivity index (χ2v) is 9.73. The maximum atomic E-state index is 13.0. The van der Waals surface area contributed by atoms with E-state index in [4.69, 9.17) is 17.2 Å². The molecule has 5 amide bonds. The number of nitrogens with zero attached hydrogens (tertiary/aromatic N) is 1. The fourth-order valence-corrected chi connectivity index (χ4v) is 3.98. The van der Waals surface area contributed by atoms with Crippen LogP contribution in [0.15, 0.2) is 12.5 Å². The predicted octanol–water partition coefficient (Wildman–Crippen LogP) is -1.15. The Balaban J connectivity index is 2.80. The molecule has 0 aromatic carbocycles. The lowest BCUT2D eigenvalue weighted by Crippen LogP contribution is -2.55. The Morgan fingerprint density at radius 2 is 1.48 bits per heavy atom. The number of carbonyl (C=O) groups excluding carboxylic acids is 5. The Labute approximate surface area is 235 Å². The van der Waals surface area contributed by atoms with E-state index < -0.39 is 48.3 Å². The van der Waals surface area contributed by atoms with Gasteiger partial charge in [-0.2, -0.15) is 0 Å². The van der Waals surface area contributed by atoms with Gasteiger partial charge in [-0.15, -0.1) is 0 Å². The van der Waals surface area contributed by atoms with E-state index in [9.17, 15) is 24.0 Å². The van der Waals surface area contributed by atoms with Crippen LogP contribution in [0.25, 0.3) is 0 Å². The number of amides is 5. The van der Waals surface area contributed by atoms with Gasteiger partial charge in [-0.25, -0.2) is 4.98 Å². The lowest BCUT2D eigenvalue weighted by molar-refractivity contribution is -0.132. The summed E-state index contributed by atoms with van der Waals surface area (Å²) >= 11 is 0. The predicted molar refractivity (Wildman–Crippen MR) is 150 cm³/mol. The van der Waals surface area contributed by atoms with Gasteiger partial charge in [0.2, 0.25) is 29.5 Å². The fraction of sp³-hybridized carbons (Fsp3) is 0.692. The van der Waals surface area contributed by atoms with Crippen LogP contribution in [0.1, 0.15) is 76.8 Å². The summed E-state index contributed by atoms with van der Waals surface area (Å²) in [4.78, 5) is 69.6. The number of nitrogens with two attached hydrogens (primary N) is 3. The van der Waals surface area contributed by atoms with Gasteiger partial charge in [0.05, 0.1) is 12.9 Å². The second kappa shape index (κ2) is 20.4. The van der Waals surface area contributed by atoms with Crippen LogP contribution in [0.4, 0.5) is 0 Å². The van der Waals surface area contributed by atoms with E-state index in [1.165, 1.54) is 12.5 Å². The minimum Gasteiger partial charge on any atom is -0.368 e. The van der Waals surface area contributed by atoms with Gasteiger partial charge < -0.3 is 43.5 Å². The molecular formula is C26H47N9O5. The number of aromatic amines is 1. The van der Waals surface area contributed by atoms with Gasteiger partial charge in [0.25, 0.3) is 0 Å². The van der Waals surface area contributed by atoms with Gasteiger partial charge in [-0.1, -0.05) is 19.8 Å². The zero-order valence-electron chi connectivity index (χ0n) is 23.5. The molecule has 1 heterocycles. The van der Waals surface area contributed by atoms with Gasteiger partial charge in [-0.3, -0.25) is 24.0 Å². The molecule has 14 nitrogen and oxygen atoms in total. The molecule has 0 aliphatic carbocycles. The van der Waals surface area contributed by atoms with Crippen molar-refractivity contribution in [3.63, 3.8) is 0 Å². The summed E-state index contributed by atoms with van der Waals surface area (Å²) in [5, 5.41) is 10.5. The quantitative estimate of drug-likeness (QED) is 0.0796. The summed E-state index contributed by atoms with van der Waals surface area (Å²) in [5.74, 6) is -2.65. The first-order valence-electron chi connectivity index (χ1n) is 14.0. The molecule has 226 valence electrons. The second-order valence-electron chi connectivity index (χ2n) is 9.73. The first-order chi connectivity index (χ1) is 19.2. The Kier molecular flexibility index (Phi) is 17.6. The van der Waals surface area contributed by atoms with E-state index in [0.717, 1.165) is 19.3 Å². The smallest absolute Gasteiger partial charge is 0.243 e. The van der Waals surface area contributed by atoms with Crippen molar-refractivity contribution >= 4 is 29.5 Å². The molecule has 0 saturated heterocycles. The van der Waals surface area contributed by atoms with Gasteiger partial charge in [0, 0.05) is 24.7 Å². The van der Waals surface area contributed by atoms with Gasteiger partial charge >= 0.3 is 0 Å². The molecule has 1 aromatic rings. The SMILES string of the molecule is CCCCCC(=O)N[C@@H](CCCCN)C(=O)NCC(=O)N[C@@H](Cc1cnc[nH]1)C(=O)N[C@@H](CCCCN)C(N)=O. The van der Waals surface area contributed by atoms with E-state index in [1.54, 1.807) is 0 Å². The van der Waals surface area contributed by atoms with E-state index in [0.29, 0.717) is 63.7 Å². The molecule has 0 radical (unpaired) electrons. The first kappa shape index (κ1) is 34.5. The van der Waals surface area contributed by atoms with Crippen molar-refractivity contribution in [1.82, 2.24) is 31.2 Å². The number of rotatable bonds is 22. The maximum Gasteiger partial charge on any atom is 0.243 e. The van der Waals surface area contributed by atoms with Crippen LogP contribution in [-0.4, -0.2) is 77.3 Å². The van der Waals surface area contributed by atoms with Crippen molar-refractivity contribution in [2.75, 3.05) is 19.6 Å². The molecule has 40 heavy (non-hydrogen) atoms. The highest BCUT2D eigenvalue weighted by Gasteiger charge is 2.27. The van der Waals surface area contributed by atoms with Crippen molar-refractivity contribution in [3.8, 4) is 0 Å². The number of imidazole rings is 1. The Bertz CT molecular complexity index is 910. The summed E-state index contributed by atoms with van der Waals surface area (Å²) in [7, 11) is 0. The number of hydrogen-bond donors (Lipinski definition) is 8. The van der Waals surface area contributed by atoms with Crippen LogP contribution in [-0.2, 0) is 30.4 Å². The maximum absolute atomic E-state index is 13.0. The van der Waals surface area contributed by atoms with Crippen LogP contribution in [0.5, 0.6) is 0 Å². The average Bonchev–Trinajstić information content (AvgIpc) is 3.43. The molecule has 14 heteroatoms. The minimum absolute atomic E-state index is 0.0648. The number of H-pyrrole nitrogens is 1. The van der Waals surface area contributed by atoms with E-state index in [2.05, 4.69) is 31.2 Å². The van der Waals surface area contributed by atoms with E-state index in [1.807, 2.05) is 6.92 Å². The zero-order valence-corrected chi connectivity index (χ0v) is 23.5. The molecule has 0 unspecified atom stereocenters. The highest BCUT2D eigenvalue weighted by atomic mass is 16.2. The topological polar surface area (TPSA) is 240 Å². The first-order valence-corrected chi connectivity index (χ1v) is 14.0. The van der Waals surface area contributed by atoms with Crippen molar-refractivity contribution in [1.29, 1.82) is 0 Å². The normalized spacial score (nSPS) is 13.1. The van der Waals surface area contributed by atoms with Crippen LogP contribution >= 0.6 is 0 Å². The zero-order chi connectivity index (χ0) is 29.8. The highest BCUT2D eigenvalue weighted by molar-refractivity contribution is 5.94. The van der Waals surface area contributed by atoms with Crippen molar-refractivity contribution in [2.45, 2.75) is 95.7 Å². The third-order valence-electron chi connectivity index (χ3n) is 6.27. The number of nitrogens with one attached hydrogen (secondary N) is 5. The molecular weight excluding hydrogens is 518 g/mol. The van der Waals surface area contributed by atoms with Crippen LogP contribution in [0.2, 0.25) is 0 Å². The molecule has 0 spiro atoms. The van der Waals surface area contributed by atoms with E-state index in [-0.39, 0.29) is 12.3 Å². The van der Waals surface area contributed by atoms with Gasteiger partial charge in [0.1, 0.15) is 18.1 Å². The van der Waals surface area contributed by atoms with E-state index >= 15 is 0 Å². The fourth-order valence-electron chi connectivity index (χ4n) is 3.98. The summed E-state index contributed by atoms with van der Waals surface area (Å²) in [6.45, 7) is 2.53. The van der Waals surface area contributed by atoms with Gasteiger partial charge in [0.15, 0.2) is 0 Å². The van der Waals surface area contributed by atoms with Crippen LogP contribution < -0.4 is 38.5 Å². The standard InChI is InChI=1S/C26H47N9O5/c1-2-3-4-11-22(36)33-20(10-6-8-13-28)25(39)31-16-23(37)34-21(14-18-15-30-17-32-18)26(40)35-19(24(29)38)9-5-7-12-27/h15,17,19-21H,2-14,16,27-28H2,1H3,(H2,29,38)(H,30,32)(H,31,39)(H,33,36)(H,34,37)(H,35,40)/t19-,20-,21-/m0/s1. The Morgan fingerprint density at radius 3 is 2.05 bits per heavy atom. The summed E-state index contributed by atoms with van der Waals surface area (Å²) in [6, 6.07) is -2.79. The van der Waals surface area contributed by atoms with Crippen molar-refractivity contribution < 1.29 is 24.0 Å². The summed E-state index contributed by atoms with van der Waals surface area (Å²) < 4.78 is 0. The largest absolute Gasteiger partial charge is 0.368 e. The molecule has 1 rings (SSSR count). The molecule has 0 saturated carbocycles. The molecule has 0 fully saturated rings.